The molecule has 1 fully saturated rings. The van der Waals surface area contributed by atoms with E-state index in [2.05, 4.69) is 5.32 Å². The van der Waals surface area contributed by atoms with Gasteiger partial charge in [-0.3, -0.25) is 14.4 Å². The second-order valence-corrected chi connectivity index (χ2v) is 5.91. The van der Waals surface area contributed by atoms with Gasteiger partial charge < -0.3 is 15.0 Å². The molecule has 0 saturated carbocycles. The molecule has 2 aliphatic rings. The van der Waals surface area contributed by atoms with Crippen LogP contribution >= 0.6 is 0 Å². The normalized spacial score (nSPS) is 17.0. The van der Waals surface area contributed by atoms with Crippen LogP contribution in [0.4, 0.5) is 5.69 Å². The standard InChI is InChI=1S/C17H20N2O4/c20-14(5-7-17(22)19-8-2-1-3-9-19)12-4-6-15-13(10-12)18-16(21)11-23-15/h4,6,10H,1-3,5,7-9,11H2,(H,18,21). The van der Waals surface area contributed by atoms with Gasteiger partial charge in [0, 0.05) is 31.5 Å². The first-order chi connectivity index (χ1) is 11.1. The topological polar surface area (TPSA) is 75.7 Å². The molecule has 0 atom stereocenters. The molecule has 0 unspecified atom stereocenters. The fourth-order valence-electron chi connectivity index (χ4n) is 2.92. The highest BCUT2D eigenvalue weighted by molar-refractivity contribution is 6.01. The van der Waals surface area contributed by atoms with Crippen LogP contribution in [0.15, 0.2) is 18.2 Å². The average molecular weight is 316 g/mol. The maximum atomic E-state index is 12.3. The third-order valence-corrected chi connectivity index (χ3v) is 4.21. The summed E-state index contributed by atoms with van der Waals surface area (Å²) in [5, 5.41) is 2.68. The molecule has 2 aliphatic heterocycles. The molecule has 0 spiro atoms. The minimum atomic E-state index is -0.234. The number of nitrogens with zero attached hydrogens (tertiary/aromatic N) is 1. The minimum absolute atomic E-state index is 0.00930. The van der Waals surface area contributed by atoms with E-state index >= 15 is 0 Å². The van der Waals surface area contributed by atoms with Crippen LogP contribution in [-0.2, 0) is 9.59 Å². The number of nitrogens with one attached hydrogen (secondary N) is 1. The summed E-state index contributed by atoms with van der Waals surface area (Å²) in [6.07, 6.45) is 3.68. The molecule has 1 saturated heterocycles. The lowest BCUT2D eigenvalue weighted by Crippen LogP contribution is -2.35. The summed E-state index contributed by atoms with van der Waals surface area (Å²) in [6, 6.07) is 4.96. The van der Waals surface area contributed by atoms with Gasteiger partial charge in [0.1, 0.15) is 5.75 Å². The maximum absolute atomic E-state index is 12.3. The molecule has 6 heteroatoms. The zero-order valence-corrected chi connectivity index (χ0v) is 13.0. The first-order valence-corrected chi connectivity index (χ1v) is 8.01. The summed E-state index contributed by atoms with van der Waals surface area (Å²) in [5.74, 6) is 0.276. The van der Waals surface area contributed by atoms with Crippen LogP contribution in [0.25, 0.3) is 0 Å². The number of hydrogen-bond acceptors (Lipinski definition) is 4. The first-order valence-electron chi connectivity index (χ1n) is 8.01. The Bertz CT molecular complexity index is 635. The number of Topliss-reactive ketones (excluding diaryl/α,β-unsaturated/α-hetero) is 1. The number of hydrogen-bond donors (Lipinski definition) is 1. The van der Waals surface area contributed by atoms with Gasteiger partial charge >= 0.3 is 0 Å². The lowest BCUT2D eigenvalue weighted by atomic mass is 10.0. The quantitative estimate of drug-likeness (QED) is 0.862. The molecular weight excluding hydrogens is 296 g/mol. The van der Waals surface area contributed by atoms with Gasteiger partial charge in [0.2, 0.25) is 5.91 Å². The minimum Gasteiger partial charge on any atom is -0.482 e. The number of amides is 2. The van der Waals surface area contributed by atoms with Crippen LogP contribution in [0.5, 0.6) is 5.75 Å². The molecule has 0 bridgehead atoms. The number of carbonyl (C=O) groups is 3. The molecule has 23 heavy (non-hydrogen) atoms. The summed E-state index contributed by atoms with van der Waals surface area (Å²) >= 11 is 0. The molecule has 1 aromatic rings. The highest BCUT2D eigenvalue weighted by Gasteiger charge is 2.20. The van der Waals surface area contributed by atoms with Crippen LogP contribution in [-0.4, -0.2) is 42.2 Å². The Morgan fingerprint density at radius 1 is 1.13 bits per heavy atom. The largest absolute Gasteiger partial charge is 0.482 e. The summed E-state index contributed by atoms with van der Waals surface area (Å²) < 4.78 is 5.26. The number of likely N-dealkylation sites (tertiary alicyclic amines) is 1. The Morgan fingerprint density at radius 3 is 2.70 bits per heavy atom. The number of fused-ring (bicyclic) bond motifs is 1. The number of ketones is 1. The molecule has 0 aliphatic carbocycles. The number of carbonyl (C=O) groups excluding carboxylic acids is 3. The molecule has 2 heterocycles. The fourth-order valence-corrected chi connectivity index (χ4v) is 2.92. The zero-order chi connectivity index (χ0) is 16.2. The van der Waals surface area contributed by atoms with E-state index in [0.717, 1.165) is 25.9 Å². The Kier molecular flexibility index (Phi) is 4.60. The maximum Gasteiger partial charge on any atom is 0.262 e. The number of rotatable bonds is 4. The predicted molar refractivity (Wildman–Crippen MR) is 84.6 cm³/mol. The third-order valence-electron chi connectivity index (χ3n) is 4.21. The summed E-state index contributed by atoms with van der Waals surface area (Å²) in [6.45, 7) is 1.59. The van der Waals surface area contributed by atoms with Gasteiger partial charge in [-0.15, -0.1) is 0 Å². The second kappa shape index (κ2) is 6.81. The summed E-state index contributed by atoms with van der Waals surface area (Å²) in [7, 11) is 0. The predicted octanol–water partition coefficient (Wildman–Crippen LogP) is 1.99. The van der Waals surface area contributed by atoms with E-state index in [-0.39, 0.29) is 37.0 Å². The fraction of sp³-hybridized carbons (Fsp3) is 0.471. The number of piperidine rings is 1. The second-order valence-electron chi connectivity index (χ2n) is 5.91. The van der Waals surface area contributed by atoms with Crippen LogP contribution < -0.4 is 10.1 Å². The van der Waals surface area contributed by atoms with Gasteiger partial charge in [0.15, 0.2) is 12.4 Å². The summed E-state index contributed by atoms with van der Waals surface area (Å²) in [4.78, 5) is 37.6. The summed E-state index contributed by atoms with van der Waals surface area (Å²) in [5.41, 5.74) is 0.996. The van der Waals surface area contributed by atoms with Crippen molar-refractivity contribution in [2.75, 3.05) is 25.0 Å². The van der Waals surface area contributed by atoms with Crippen molar-refractivity contribution < 1.29 is 19.1 Å². The van der Waals surface area contributed by atoms with Crippen molar-refractivity contribution in [2.24, 2.45) is 0 Å². The monoisotopic (exact) mass is 316 g/mol. The molecule has 3 rings (SSSR count). The van der Waals surface area contributed by atoms with Crippen molar-refractivity contribution in [3.63, 3.8) is 0 Å². The smallest absolute Gasteiger partial charge is 0.262 e. The van der Waals surface area contributed by atoms with Crippen molar-refractivity contribution in [2.45, 2.75) is 32.1 Å². The zero-order valence-electron chi connectivity index (χ0n) is 13.0. The van der Waals surface area contributed by atoms with E-state index in [1.165, 1.54) is 6.42 Å². The van der Waals surface area contributed by atoms with Crippen LogP contribution in [0, 0.1) is 0 Å². The lowest BCUT2D eigenvalue weighted by Gasteiger charge is -2.26. The van der Waals surface area contributed by atoms with E-state index in [1.54, 1.807) is 18.2 Å². The number of ether oxygens (including phenoxy) is 1. The molecule has 6 nitrogen and oxygen atoms in total. The highest BCUT2D eigenvalue weighted by atomic mass is 16.5. The average Bonchev–Trinajstić information content (AvgIpc) is 2.59. The SMILES string of the molecule is O=C1COc2ccc(C(=O)CCC(=O)N3CCCCC3)cc2N1. The van der Waals surface area contributed by atoms with Gasteiger partial charge in [0.05, 0.1) is 5.69 Å². The van der Waals surface area contributed by atoms with Crippen molar-refractivity contribution in [3.8, 4) is 5.75 Å². The van der Waals surface area contributed by atoms with Crippen LogP contribution in [0.1, 0.15) is 42.5 Å². The molecule has 0 radical (unpaired) electrons. The van der Waals surface area contributed by atoms with E-state index in [4.69, 9.17) is 4.74 Å². The van der Waals surface area contributed by atoms with E-state index in [9.17, 15) is 14.4 Å². The Balaban J connectivity index is 1.59. The van der Waals surface area contributed by atoms with Gasteiger partial charge in [-0.25, -0.2) is 0 Å². The highest BCUT2D eigenvalue weighted by Crippen LogP contribution is 2.29. The van der Waals surface area contributed by atoms with Gasteiger partial charge in [-0.1, -0.05) is 0 Å². The van der Waals surface area contributed by atoms with Gasteiger partial charge in [-0.05, 0) is 37.5 Å². The van der Waals surface area contributed by atoms with Crippen molar-refractivity contribution >= 4 is 23.3 Å². The number of benzene rings is 1. The van der Waals surface area contributed by atoms with Gasteiger partial charge in [0.25, 0.3) is 5.91 Å². The Labute approximate surface area is 134 Å². The molecule has 1 aromatic carbocycles. The lowest BCUT2D eigenvalue weighted by molar-refractivity contribution is -0.132. The van der Waals surface area contributed by atoms with Crippen molar-refractivity contribution in [1.82, 2.24) is 4.90 Å². The molecule has 0 aromatic heterocycles. The molecule has 2 amide bonds. The van der Waals surface area contributed by atoms with Crippen molar-refractivity contribution in [1.29, 1.82) is 0 Å². The van der Waals surface area contributed by atoms with Crippen LogP contribution in [0.2, 0.25) is 0 Å². The first kappa shape index (κ1) is 15.5. The van der Waals surface area contributed by atoms with Crippen LogP contribution in [0.3, 0.4) is 0 Å². The van der Waals surface area contributed by atoms with E-state index < -0.39 is 0 Å². The van der Waals surface area contributed by atoms with Gasteiger partial charge in [-0.2, -0.15) is 0 Å². The Hall–Kier alpha value is -2.37. The number of anilines is 1. The van der Waals surface area contributed by atoms with E-state index in [0.29, 0.717) is 17.0 Å². The Morgan fingerprint density at radius 2 is 1.91 bits per heavy atom. The molecular formula is C17H20N2O4. The molecule has 1 N–H and O–H groups in total. The third kappa shape index (κ3) is 3.70. The van der Waals surface area contributed by atoms with E-state index in [1.807, 2.05) is 4.90 Å². The van der Waals surface area contributed by atoms with Crippen molar-refractivity contribution in [3.05, 3.63) is 23.8 Å². The molecule has 122 valence electrons.